The van der Waals surface area contributed by atoms with Gasteiger partial charge >= 0.3 is 5.97 Å². The number of hydrogen-bond donors (Lipinski definition) is 3. The standard InChI is InChI=1S/C22H21FN4O6S/c1-12-19(22(29)30)25-27(2)21(12)33-17-9-8-16(11-18(17)34(31,32)26-15-6-7-15)24-20(28)13-4-3-5-14(23)10-13/h3-5,8-11,15,26H,6-7H2,1-2H3,(H,24,28)(H,29,30). The average Bonchev–Trinajstić information content (AvgIpc) is 3.53. The number of hydrogen-bond acceptors (Lipinski definition) is 6. The first-order valence-corrected chi connectivity index (χ1v) is 11.7. The van der Waals surface area contributed by atoms with Gasteiger partial charge in [0.25, 0.3) is 5.91 Å². The third-order valence-electron chi connectivity index (χ3n) is 5.11. The molecule has 1 saturated carbocycles. The summed E-state index contributed by atoms with van der Waals surface area (Å²) in [6.07, 6.45) is 1.41. The van der Waals surface area contributed by atoms with Gasteiger partial charge in [0.15, 0.2) is 5.69 Å². The number of amides is 1. The monoisotopic (exact) mass is 488 g/mol. The van der Waals surface area contributed by atoms with E-state index in [9.17, 15) is 27.5 Å². The van der Waals surface area contributed by atoms with E-state index < -0.39 is 27.7 Å². The van der Waals surface area contributed by atoms with E-state index in [4.69, 9.17) is 4.74 Å². The Morgan fingerprint density at radius 1 is 1.21 bits per heavy atom. The first-order chi connectivity index (χ1) is 16.0. The molecule has 34 heavy (non-hydrogen) atoms. The van der Waals surface area contributed by atoms with Gasteiger partial charge in [0, 0.05) is 29.9 Å². The topological polar surface area (TPSA) is 140 Å². The molecular weight excluding hydrogens is 467 g/mol. The second-order valence-electron chi connectivity index (χ2n) is 7.83. The molecule has 1 amide bonds. The van der Waals surface area contributed by atoms with Gasteiger partial charge in [-0.1, -0.05) is 6.07 Å². The summed E-state index contributed by atoms with van der Waals surface area (Å²) in [6, 6.07) is 8.87. The van der Waals surface area contributed by atoms with Gasteiger partial charge < -0.3 is 15.2 Å². The Labute approximate surface area is 194 Å². The minimum atomic E-state index is -4.04. The van der Waals surface area contributed by atoms with E-state index in [1.807, 2.05) is 0 Å². The number of carboxylic acid groups (broad SMARTS) is 1. The van der Waals surface area contributed by atoms with E-state index in [1.165, 1.54) is 55.1 Å². The Morgan fingerprint density at radius 3 is 2.56 bits per heavy atom. The normalized spacial score (nSPS) is 13.5. The van der Waals surface area contributed by atoms with Gasteiger partial charge in [-0.3, -0.25) is 4.79 Å². The molecule has 0 radical (unpaired) electrons. The summed E-state index contributed by atoms with van der Waals surface area (Å²) in [7, 11) is -2.57. The fourth-order valence-electron chi connectivity index (χ4n) is 3.26. The largest absolute Gasteiger partial charge is 0.476 e. The maximum atomic E-state index is 13.5. The SMILES string of the molecule is Cc1c(C(=O)O)nn(C)c1Oc1ccc(NC(=O)c2cccc(F)c2)cc1S(=O)(=O)NC1CC1. The van der Waals surface area contributed by atoms with Crippen LogP contribution in [0.1, 0.15) is 39.3 Å². The molecule has 4 rings (SSSR count). The molecular formula is C22H21FN4O6S. The van der Waals surface area contributed by atoms with Crippen LogP contribution in [0.4, 0.5) is 10.1 Å². The molecule has 0 aliphatic heterocycles. The van der Waals surface area contributed by atoms with E-state index in [-0.39, 0.29) is 45.1 Å². The summed E-state index contributed by atoms with van der Waals surface area (Å²) >= 11 is 0. The molecule has 178 valence electrons. The van der Waals surface area contributed by atoms with Gasteiger partial charge in [0.2, 0.25) is 15.9 Å². The van der Waals surface area contributed by atoms with Crippen molar-refractivity contribution < 1.29 is 32.2 Å². The van der Waals surface area contributed by atoms with Gasteiger partial charge in [-0.05, 0) is 56.2 Å². The third kappa shape index (κ3) is 4.92. The minimum Gasteiger partial charge on any atom is -0.476 e. The van der Waals surface area contributed by atoms with Crippen LogP contribution >= 0.6 is 0 Å². The van der Waals surface area contributed by atoms with Crippen molar-refractivity contribution in [2.75, 3.05) is 5.32 Å². The van der Waals surface area contributed by atoms with Crippen molar-refractivity contribution in [2.45, 2.75) is 30.7 Å². The molecule has 12 heteroatoms. The lowest BCUT2D eigenvalue weighted by Crippen LogP contribution is -2.26. The Morgan fingerprint density at radius 2 is 1.94 bits per heavy atom. The highest BCUT2D eigenvalue weighted by molar-refractivity contribution is 7.89. The summed E-state index contributed by atoms with van der Waals surface area (Å²) in [6.45, 7) is 1.50. The minimum absolute atomic E-state index is 0.0526. The van der Waals surface area contributed by atoms with Crippen LogP contribution in [0, 0.1) is 12.7 Å². The predicted octanol–water partition coefficient (Wildman–Crippen LogP) is 3.05. The summed E-state index contributed by atoms with van der Waals surface area (Å²) in [5.74, 6) is -2.49. The van der Waals surface area contributed by atoms with Crippen LogP contribution in [0.15, 0.2) is 47.4 Å². The smallest absolute Gasteiger partial charge is 0.356 e. The number of anilines is 1. The van der Waals surface area contributed by atoms with E-state index in [2.05, 4.69) is 15.1 Å². The molecule has 3 N–H and O–H groups in total. The molecule has 0 saturated heterocycles. The lowest BCUT2D eigenvalue weighted by Gasteiger charge is -2.15. The van der Waals surface area contributed by atoms with Crippen molar-refractivity contribution in [3.05, 3.63) is 65.1 Å². The first kappa shape index (κ1) is 23.4. The van der Waals surface area contributed by atoms with Gasteiger partial charge in [-0.15, -0.1) is 0 Å². The van der Waals surface area contributed by atoms with Crippen LogP contribution in [0.5, 0.6) is 11.6 Å². The number of carboxylic acids is 1. The van der Waals surface area contributed by atoms with E-state index in [1.54, 1.807) is 0 Å². The number of benzene rings is 2. The Hall–Kier alpha value is -3.77. The van der Waals surface area contributed by atoms with Gasteiger partial charge in [-0.2, -0.15) is 5.10 Å². The summed E-state index contributed by atoms with van der Waals surface area (Å²) in [4.78, 5) is 23.6. The molecule has 1 aromatic heterocycles. The zero-order valence-corrected chi connectivity index (χ0v) is 19.0. The van der Waals surface area contributed by atoms with Gasteiger partial charge in [0.1, 0.15) is 16.5 Å². The molecule has 1 fully saturated rings. The van der Waals surface area contributed by atoms with Crippen molar-refractivity contribution in [3.8, 4) is 11.6 Å². The van der Waals surface area contributed by atoms with E-state index in [0.717, 1.165) is 6.07 Å². The van der Waals surface area contributed by atoms with Crippen LogP contribution in [0.2, 0.25) is 0 Å². The molecule has 1 heterocycles. The summed E-state index contributed by atoms with van der Waals surface area (Å²) in [5.41, 5.74) is 0.201. The number of rotatable bonds is 8. The van der Waals surface area contributed by atoms with Crippen molar-refractivity contribution >= 4 is 27.6 Å². The molecule has 10 nitrogen and oxygen atoms in total. The molecule has 0 bridgehead atoms. The Kier molecular flexibility index (Phi) is 6.11. The molecule has 2 aromatic carbocycles. The number of aromatic carboxylic acids is 1. The number of nitrogens with one attached hydrogen (secondary N) is 2. The fraction of sp³-hybridized carbons (Fsp3) is 0.227. The highest BCUT2D eigenvalue weighted by atomic mass is 32.2. The van der Waals surface area contributed by atoms with Crippen molar-refractivity contribution in [1.82, 2.24) is 14.5 Å². The number of aromatic nitrogens is 2. The number of carbonyl (C=O) groups is 2. The van der Waals surface area contributed by atoms with E-state index in [0.29, 0.717) is 12.8 Å². The number of carbonyl (C=O) groups excluding carboxylic acids is 1. The Bertz CT molecular complexity index is 1400. The second-order valence-corrected chi connectivity index (χ2v) is 9.51. The van der Waals surface area contributed by atoms with Gasteiger partial charge in [-0.25, -0.2) is 27.0 Å². The first-order valence-electron chi connectivity index (χ1n) is 10.2. The molecule has 0 spiro atoms. The third-order valence-corrected chi connectivity index (χ3v) is 6.65. The zero-order chi connectivity index (χ0) is 24.6. The summed E-state index contributed by atoms with van der Waals surface area (Å²) in [5, 5.41) is 15.7. The van der Waals surface area contributed by atoms with Crippen molar-refractivity contribution in [3.63, 3.8) is 0 Å². The number of aryl methyl sites for hydroxylation is 1. The zero-order valence-electron chi connectivity index (χ0n) is 18.2. The van der Waals surface area contributed by atoms with Crippen molar-refractivity contribution in [1.29, 1.82) is 0 Å². The molecule has 3 aromatic rings. The molecule has 0 unspecified atom stereocenters. The highest BCUT2D eigenvalue weighted by Gasteiger charge is 2.31. The molecule has 1 aliphatic rings. The number of halogens is 1. The second kappa shape index (κ2) is 8.88. The van der Waals surface area contributed by atoms with E-state index >= 15 is 0 Å². The number of nitrogens with zero attached hydrogens (tertiary/aromatic N) is 2. The summed E-state index contributed by atoms with van der Waals surface area (Å²) < 4.78 is 49.1. The van der Waals surface area contributed by atoms with Crippen LogP contribution in [-0.2, 0) is 17.1 Å². The maximum absolute atomic E-state index is 13.5. The van der Waals surface area contributed by atoms with Crippen molar-refractivity contribution in [2.24, 2.45) is 7.05 Å². The van der Waals surface area contributed by atoms with Crippen LogP contribution in [0.3, 0.4) is 0 Å². The van der Waals surface area contributed by atoms with Crippen LogP contribution in [-0.4, -0.2) is 41.2 Å². The number of ether oxygens (including phenoxy) is 1. The average molecular weight is 488 g/mol. The predicted molar refractivity (Wildman–Crippen MR) is 119 cm³/mol. The number of sulfonamides is 1. The fourth-order valence-corrected chi connectivity index (χ4v) is 4.72. The maximum Gasteiger partial charge on any atom is 0.356 e. The molecule has 0 atom stereocenters. The Balaban J connectivity index is 1.71. The lowest BCUT2D eigenvalue weighted by atomic mass is 10.2. The van der Waals surface area contributed by atoms with Gasteiger partial charge in [0.05, 0.1) is 0 Å². The highest BCUT2D eigenvalue weighted by Crippen LogP contribution is 2.35. The van der Waals surface area contributed by atoms with Crippen LogP contribution < -0.4 is 14.8 Å². The van der Waals surface area contributed by atoms with Crippen LogP contribution in [0.25, 0.3) is 0 Å². The lowest BCUT2D eigenvalue weighted by molar-refractivity contribution is 0.0688. The quantitative estimate of drug-likeness (QED) is 0.443. The molecule has 1 aliphatic carbocycles.